The van der Waals surface area contributed by atoms with Crippen LogP contribution in [0.1, 0.15) is 40.5 Å². The molecule has 2 aliphatic rings. The largest absolute Gasteiger partial charge is 0.321 e. The molecular formula is C15H29N3O. The number of amides is 1. The summed E-state index contributed by atoms with van der Waals surface area (Å²) in [5.41, 5.74) is 0. The second-order valence-corrected chi connectivity index (χ2v) is 6.98. The topological polar surface area (TPSA) is 35.6 Å². The van der Waals surface area contributed by atoms with Crippen LogP contribution >= 0.6 is 0 Å². The van der Waals surface area contributed by atoms with Crippen molar-refractivity contribution in [3.05, 3.63) is 0 Å². The Morgan fingerprint density at radius 3 is 2.47 bits per heavy atom. The number of rotatable bonds is 4. The first-order valence-electron chi connectivity index (χ1n) is 7.67. The summed E-state index contributed by atoms with van der Waals surface area (Å²) in [5, 5.41) is 3.57. The van der Waals surface area contributed by atoms with E-state index in [1.54, 1.807) is 0 Å². The van der Waals surface area contributed by atoms with Gasteiger partial charge in [0.2, 0.25) is 5.91 Å². The van der Waals surface area contributed by atoms with Crippen molar-refractivity contribution in [3.63, 3.8) is 0 Å². The SMILES string of the molecule is CC(C)CC1NC(C(C)C)C(=O)N1C1CCN(C)C1. The second kappa shape index (κ2) is 5.80. The Balaban J connectivity index is 2.13. The molecule has 0 aromatic heterocycles. The summed E-state index contributed by atoms with van der Waals surface area (Å²) in [7, 11) is 2.14. The fraction of sp³-hybridized carbons (Fsp3) is 0.933. The highest BCUT2D eigenvalue weighted by atomic mass is 16.2. The minimum atomic E-state index is 0.00894. The summed E-state index contributed by atoms with van der Waals surface area (Å²) in [6.45, 7) is 10.8. The fourth-order valence-corrected chi connectivity index (χ4v) is 3.35. The lowest BCUT2D eigenvalue weighted by Crippen LogP contribution is -2.46. The molecule has 4 heteroatoms. The number of likely N-dealkylation sites (tertiary alicyclic amines) is 1. The molecule has 1 amide bonds. The van der Waals surface area contributed by atoms with Gasteiger partial charge in [-0.2, -0.15) is 0 Å². The Labute approximate surface area is 117 Å². The molecule has 0 radical (unpaired) electrons. The quantitative estimate of drug-likeness (QED) is 0.839. The van der Waals surface area contributed by atoms with Crippen LogP contribution in [0.3, 0.4) is 0 Å². The monoisotopic (exact) mass is 267 g/mol. The maximum atomic E-state index is 12.7. The van der Waals surface area contributed by atoms with E-state index in [4.69, 9.17) is 0 Å². The van der Waals surface area contributed by atoms with Crippen LogP contribution in [0.15, 0.2) is 0 Å². The summed E-state index contributed by atoms with van der Waals surface area (Å²) in [6, 6.07) is 0.409. The Kier molecular flexibility index (Phi) is 4.51. The average Bonchev–Trinajstić information content (AvgIpc) is 2.82. The van der Waals surface area contributed by atoms with Crippen LogP contribution in [0.2, 0.25) is 0 Å². The predicted octanol–water partition coefficient (Wildman–Crippen LogP) is 1.52. The van der Waals surface area contributed by atoms with Crippen LogP contribution < -0.4 is 5.32 Å². The van der Waals surface area contributed by atoms with E-state index >= 15 is 0 Å². The third-order valence-electron chi connectivity index (χ3n) is 4.35. The van der Waals surface area contributed by atoms with Crippen LogP contribution in [-0.4, -0.2) is 54.1 Å². The van der Waals surface area contributed by atoms with Gasteiger partial charge in [0.1, 0.15) is 0 Å². The number of carbonyl (C=O) groups is 1. The second-order valence-electron chi connectivity index (χ2n) is 6.98. The van der Waals surface area contributed by atoms with Gasteiger partial charge >= 0.3 is 0 Å². The summed E-state index contributed by atoms with van der Waals surface area (Å²) < 4.78 is 0. The van der Waals surface area contributed by atoms with E-state index in [9.17, 15) is 4.79 Å². The van der Waals surface area contributed by atoms with Crippen LogP contribution in [0.5, 0.6) is 0 Å². The van der Waals surface area contributed by atoms with E-state index in [0.717, 1.165) is 25.9 Å². The number of hydrogen-bond acceptors (Lipinski definition) is 3. The highest BCUT2D eigenvalue weighted by Crippen LogP contribution is 2.27. The standard InChI is InChI=1S/C15H29N3O/c1-10(2)8-13-16-14(11(3)4)15(19)18(13)12-6-7-17(5)9-12/h10-14,16H,6-9H2,1-5H3. The van der Waals surface area contributed by atoms with Crippen molar-refractivity contribution in [2.75, 3.05) is 20.1 Å². The molecule has 0 bridgehead atoms. The predicted molar refractivity (Wildman–Crippen MR) is 77.8 cm³/mol. The van der Waals surface area contributed by atoms with Crippen LogP contribution in [0.25, 0.3) is 0 Å². The molecule has 0 aromatic rings. The number of likely N-dealkylation sites (N-methyl/N-ethyl adjacent to an activating group) is 1. The van der Waals surface area contributed by atoms with E-state index in [1.165, 1.54) is 0 Å². The molecule has 2 saturated heterocycles. The van der Waals surface area contributed by atoms with Gasteiger partial charge in [-0.1, -0.05) is 27.7 Å². The zero-order chi connectivity index (χ0) is 14.2. The molecule has 19 heavy (non-hydrogen) atoms. The highest BCUT2D eigenvalue weighted by Gasteiger charge is 2.44. The first kappa shape index (κ1) is 14.8. The summed E-state index contributed by atoms with van der Waals surface area (Å²) in [6.07, 6.45) is 2.40. The normalized spacial score (nSPS) is 33.1. The van der Waals surface area contributed by atoms with Crippen molar-refractivity contribution in [2.45, 2.75) is 58.8 Å². The maximum Gasteiger partial charge on any atom is 0.241 e. The molecule has 2 heterocycles. The minimum absolute atomic E-state index is 0.00894. The van der Waals surface area contributed by atoms with E-state index in [1.807, 2.05) is 0 Å². The molecule has 110 valence electrons. The molecule has 2 fully saturated rings. The third-order valence-corrected chi connectivity index (χ3v) is 4.35. The molecule has 2 rings (SSSR count). The Morgan fingerprint density at radius 2 is 2.00 bits per heavy atom. The van der Waals surface area contributed by atoms with Crippen molar-refractivity contribution in [2.24, 2.45) is 11.8 Å². The number of nitrogens with one attached hydrogen (secondary N) is 1. The number of carbonyl (C=O) groups excluding carboxylic acids is 1. The first-order valence-corrected chi connectivity index (χ1v) is 7.67. The molecule has 2 aliphatic heterocycles. The van der Waals surface area contributed by atoms with Crippen molar-refractivity contribution in [1.82, 2.24) is 15.1 Å². The average molecular weight is 267 g/mol. The van der Waals surface area contributed by atoms with E-state index in [2.05, 4.69) is 49.9 Å². The Hall–Kier alpha value is -0.610. The van der Waals surface area contributed by atoms with Crippen molar-refractivity contribution in [1.29, 1.82) is 0 Å². The van der Waals surface area contributed by atoms with E-state index in [-0.39, 0.29) is 12.2 Å². The van der Waals surface area contributed by atoms with E-state index in [0.29, 0.717) is 23.8 Å². The van der Waals surface area contributed by atoms with Crippen LogP contribution in [-0.2, 0) is 4.79 Å². The van der Waals surface area contributed by atoms with Gasteiger partial charge < -0.3 is 9.80 Å². The molecule has 4 nitrogen and oxygen atoms in total. The van der Waals surface area contributed by atoms with Gasteiger partial charge in [0, 0.05) is 12.6 Å². The van der Waals surface area contributed by atoms with Gasteiger partial charge in [-0.15, -0.1) is 0 Å². The van der Waals surface area contributed by atoms with Gasteiger partial charge in [-0.3, -0.25) is 10.1 Å². The lowest BCUT2D eigenvalue weighted by atomic mass is 10.0. The number of nitrogens with zero attached hydrogens (tertiary/aromatic N) is 2. The van der Waals surface area contributed by atoms with Crippen LogP contribution in [0, 0.1) is 11.8 Å². The van der Waals surface area contributed by atoms with Crippen molar-refractivity contribution >= 4 is 5.91 Å². The number of hydrogen-bond donors (Lipinski definition) is 1. The molecule has 1 N–H and O–H groups in total. The van der Waals surface area contributed by atoms with Gasteiger partial charge in [0.25, 0.3) is 0 Å². The Bertz CT molecular complexity index is 329. The zero-order valence-corrected chi connectivity index (χ0v) is 13.0. The molecule has 3 atom stereocenters. The summed E-state index contributed by atoms with van der Waals surface area (Å²) in [4.78, 5) is 17.2. The molecule has 0 aliphatic carbocycles. The van der Waals surface area contributed by atoms with Gasteiger partial charge in [-0.05, 0) is 38.3 Å². The zero-order valence-electron chi connectivity index (χ0n) is 13.0. The highest BCUT2D eigenvalue weighted by molar-refractivity contribution is 5.85. The van der Waals surface area contributed by atoms with Crippen LogP contribution in [0.4, 0.5) is 0 Å². The summed E-state index contributed by atoms with van der Waals surface area (Å²) >= 11 is 0. The van der Waals surface area contributed by atoms with Crippen molar-refractivity contribution < 1.29 is 4.79 Å². The van der Waals surface area contributed by atoms with Crippen molar-refractivity contribution in [3.8, 4) is 0 Å². The lowest BCUT2D eigenvalue weighted by Gasteiger charge is -2.31. The van der Waals surface area contributed by atoms with Gasteiger partial charge in [0.05, 0.1) is 12.2 Å². The van der Waals surface area contributed by atoms with Gasteiger partial charge in [-0.25, -0.2) is 0 Å². The fourth-order valence-electron chi connectivity index (χ4n) is 3.35. The first-order chi connectivity index (χ1) is 8.90. The third kappa shape index (κ3) is 3.11. The molecule has 0 saturated carbocycles. The summed E-state index contributed by atoms with van der Waals surface area (Å²) in [5.74, 6) is 1.30. The lowest BCUT2D eigenvalue weighted by molar-refractivity contribution is -0.132. The minimum Gasteiger partial charge on any atom is -0.321 e. The Morgan fingerprint density at radius 1 is 1.32 bits per heavy atom. The van der Waals surface area contributed by atoms with Gasteiger partial charge in [0.15, 0.2) is 0 Å². The molecule has 0 aromatic carbocycles. The molecule has 3 unspecified atom stereocenters. The smallest absolute Gasteiger partial charge is 0.241 e. The molecular weight excluding hydrogens is 238 g/mol. The molecule has 0 spiro atoms. The van der Waals surface area contributed by atoms with E-state index < -0.39 is 0 Å². The maximum absolute atomic E-state index is 12.7.